The number of hydrogen-bond acceptors (Lipinski definition) is 3. The van der Waals surface area contributed by atoms with Gasteiger partial charge in [0.15, 0.2) is 0 Å². The molecular formula is C21H16FN3O. The largest absolute Gasteiger partial charge is 0.496 e. The van der Waals surface area contributed by atoms with Gasteiger partial charge in [-0.15, -0.1) is 0 Å². The molecule has 0 aliphatic rings. The topological polar surface area (TPSA) is 39.9 Å². The van der Waals surface area contributed by atoms with E-state index in [-0.39, 0.29) is 0 Å². The Kier molecular flexibility index (Phi) is 4.19. The van der Waals surface area contributed by atoms with Crippen LogP contribution in [-0.4, -0.2) is 21.6 Å². The molecule has 0 fully saturated rings. The van der Waals surface area contributed by atoms with Crippen molar-refractivity contribution < 1.29 is 9.13 Å². The highest BCUT2D eigenvalue weighted by Crippen LogP contribution is 2.31. The maximum Gasteiger partial charge on any atom is 0.234 e. The van der Waals surface area contributed by atoms with Crippen LogP contribution >= 0.6 is 0 Å². The number of aromatic nitrogens is 3. The van der Waals surface area contributed by atoms with E-state index < -0.39 is 5.83 Å². The van der Waals surface area contributed by atoms with Crippen LogP contribution in [0.4, 0.5) is 4.39 Å². The molecule has 4 aromatic rings. The van der Waals surface area contributed by atoms with Gasteiger partial charge in [-0.2, -0.15) is 0 Å². The van der Waals surface area contributed by atoms with Crippen molar-refractivity contribution in [2.45, 2.75) is 0 Å². The zero-order valence-electron chi connectivity index (χ0n) is 14.1. The van der Waals surface area contributed by atoms with Crippen molar-refractivity contribution in [3.05, 3.63) is 84.3 Å². The maximum absolute atomic E-state index is 15.3. The van der Waals surface area contributed by atoms with Crippen LogP contribution in [0.3, 0.4) is 0 Å². The van der Waals surface area contributed by atoms with Crippen LogP contribution in [0.15, 0.2) is 73.1 Å². The van der Waals surface area contributed by atoms with E-state index >= 15 is 4.39 Å². The molecule has 0 spiro atoms. The molecule has 0 radical (unpaired) electrons. The highest BCUT2D eigenvalue weighted by Gasteiger charge is 2.16. The molecule has 2 heterocycles. The lowest BCUT2D eigenvalue weighted by Crippen LogP contribution is -2.03. The highest BCUT2D eigenvalue weighted by molar-refractivity contribution is 5.89. The first-order valence-corrected chi connectivity index (χ1v) is 8.16. The van der Waals surface area contributed by atoms with Gasteiger partial charge < -0.3 is 4.74 Å². The molecular weight excluding hydrogens is 329 g/mol. The van der Waals surface area contributed by atoms with E-state index in [0.717, 1.165) is 10.9 Å². The zero-order valence-corrected chi connectivity index (χ0v) is 14.1. The number of nitrogens with zero attached hydrogens (tertiary/aromatic N) is 3. The number of halogens is 1. The third kappa shape index (κ3) is 2.84. The molecule has 4 nitrogen and oxygen atoms in total. The van der Waals surface area contributed by atoms with Crippen LogP contribution in [0.2, 0.25) is 0 Å². The van der Waals surface area contributed by atoms with E-state index in [1.807, 2.05) is 42.5 Å². The lowest BCUT2D eigenvalue weighted by Gasteiger charge is -2.08. The van der Waals surface area contributed by atoms with E-state index in [4.69, 9.17) is 4.74 Å². The van der Waals surface area contributed by atoms with Crippen molar-refractivity contribution in [1.29, 1.82) is 0 Å². The predicted molar refractivity (Wildman–Crippen MR) is 101 cm³/mol. The molecule has 0 atom stereocenters. The first-order valence-electron chi connectivity index (χ1n) is 8.16. The van der Waals surface area contributed by atoms with Gasteiger partial charge in [0, 0.05) is 23.3 Å². The van der Waals surface area contributed by atoms with E-state index in [1.165, 1.54) is 6.08 Å². The Bertz CT molecular complexity index is 1090. The van der Waals surface area contributed by atoms with E-state index in [0.29, 0.717) is 23.0 Å². The van der Waals surface area contributed by atoms with Gasteiger partial charge in [-0.3, -0.25) is 4.57 Å². The Morgan fingerprint density at radius 2 is 1.73 bits per heavy atom. The molecule has 0 saturated carbocycles. The average Bonchev–Trinajstić information content (AvgIpc) is 3.09. The first-order chi connectivity index (χ1) is 12.8. The summed E-state index contributed by atoms with van der Waals surface area (Å²) in [7, 11) is 1.57. The molecule has 4 rings (SSSR count). The Morgan fingerprint density at radius 3 is 2.54 bits per heavy atom. The van der Waals surface area contributed by atoms with Crippen LogP contribution in [0, 0.1) is 0 Å². The van der Waals surface area contributed by atoms with Gasteiger partial charge in [-0.1, -0.05) is 36.4 Å². The number of para-hydroxylation sites is 2. The van der Waals surface area contributed by atoms with Crippen LogP contribution < -0.4 is 4.74 Å². The second kappa shape index (κ2) is 6.80. The third-order valence-corrected chi connectivity index (χ3v) is 4.13. The SMILES string of the molecule is COc1ccccc1/C=C(\F)c1cc2ccccc2n1-c1ncccn1. The Balaban J connectivity index is 1.93. The molecule has 0 aliphatic heterocycles. The van der Waals surface area contributed by atoms with Crippen molar-refractivity contribution >= 4 is 22.8 Å². The second-order valence-corrected chi connectivity index (χ2v) is 5.71. The quantitative estimate of drug-likeness (QED) is 0.528. The summed E-state index contributed by atoms with van der Waals surface area (Å²) >= 11 is 0. The number of ether oxygens (including phenoxy) is 1. The fourth-order valence-corrected chi connectivity index (χ4v) is 2.95. The van der Waals surface area contributed by atoms with Crippen molar-refractivity contribution in [3.8, 4) is 11.7 Å². The van der Waals surface area contributed by atoms with Crippen LogP contribution in [-0.2, 0) is 0 Å². The summed E-state index contributed by atoms with van der Waals surface area (Å²) in [6.07, 6.45) is 4.75. The average molecular weight is 345 g/mol. The molecule has 5 heteroatoms. The van der Waals surface area contributed by atoms with E-state index in [9.17, 15) is 0 Å². The molecule has 0 bridgehead atoms. The van der Waals surface area contributed by atoms with Gasteiger partial charge in [0.1, 0.15) is 11.6 Å². The lowest BCUT2D eigenvalue weighted by atomic mass is 10.1. The van der Waals surface area contributed by atoms with E-state index in [1.54, 1.807) is 42.3 Å². The van der Waals surface area contributed by atoms with Gasteiger partial charge in [-0.05, 0) is 30.3 Å². The smallest absolute Gasteiger partial charge is 0.234 e. The standard InChI is InChI=1S/C21H16FN3O/c1-26-20-10-5-3-8-16(20)13-17(22)19-14-15-7-2-4-9-18(15)25(19)21-23-11-6-12-24-21/h2-14H,1H3/b17-13-. The molecule has 128 valence electrons. The highest BCUT2D eigenvalue weighted by atomic mass is 19.1. The minimum absolute atomic E-state index is 0.391. The van der Waals surface area contributed by atoms with Crippen LogP contribution in [0.1, 0.15) is 11.3 Å². The number of fused-ring (bicyclic) bond motifs is 1. The molecule has 0 saturated heterocycles. The Labute approximate surface area is 150 Å². The summed E-state index contributed by atoms with van der Waals surface area (Å²) in [5.41, 5.74) is 1.90. The molecule has 0 unspecified atom stereocenters. The number of rotatable bonds is 4. The van der Waals surface area contributed by atoms with Crippen molar-refractivity contribution in [3.63, 3.8) is 0 Å². The Hall–Kier alpha value is -3.47. The molecule has 0 aliphatic carbocycles. The van der Waals surface area contributed by atoms with E-state index in [2.05, 4.69) is 9.97 Å². The second-order valence-electron chi connectivity index (χ2n) is 5.71. The maximum atomic E-state index is 15.3. The summed E-state index contributed by atoms with van der Waals surface area (Å²) in [5.74, 6) is 0.645. The van der Waals surface area contributed by atoms with Crippen LogP contribution in [0.25, 0.3) is 28.8 Å². The number of methoxy groups -OCH3 is 1. The first kappa shape index (κ1) is 16.0. The van der Waals surface area contributed by atoms with Gasteiger partial charge in [0.2, 0.25) is 5.95 Å². The zero-order chi connectivity index (χ0) is 17.9. The molecule has 2 aromatic heterocycles. The lowest BCUT2D eigenvalue weighted by molar-refractivity contribution is 0.414. The normalized spacial score (nSPS) is 11.7. The molecule has 0 N–H and O–H groups in total. The van der Waals surface area contributed by atoms with Gasteiger partial charge >= 0.3 is 0 Å². The summed E-state index contributed by atoms with van der Waals surface area (Å²) in [5, 5.41) is 0.915. The predicted octanol–water partition coefficient (Wildman–Crippen LogP) is 4.90. The molecule has 0 amide bonds. The number of benzene rings is 2. The summed E-state index contributed by atoms with van der Waals surface area (Å²) < 4.78 is 22.3. The fourth-order valence-electron chi connectivity index (χ4n) is 2.95. The summed E-state index contributed by atoms with van der Waals surface area (Å²) in [4.78, 5) is 8.58. The number of hydrogen-bond donors (Lipinski definition) is 0. The Morgan fingerprint density at radius 1 is 1.00 bits per heavy atom. The van der Waals surface area contributed by atoms with Gasteiger partial charge in [-0.25, -0.2) is 14.4 Å². The van der Waals surface area contributed by atoms with Crippen molar-refractivity contribution in [1.82, 2.24) is 14.5 Å². The van der Waals surface area contributed by atoms with Crippen LogP contribution in [0.5, 0.6) is 5.75 Å². The minimum Gasteiger partial charge on any atom is -0.496 e. The molecule has 26 heavy (non-hydrogen) atoms. The van der Waals surface area contributed by atoms with Crippen molar-refractivity contribution in [2.75, 3.05) is 7.11 Å². The minimum atomic E-state index is -0.391. The fraction of sp³-hybridized carbons (Fsp3) is 0.0476. The summed E-state index contributed by atoms with van der Waals surface area (Å²) in [6.45, 7) is 0. The van der Waals surface area contributed by atoms with Gasteiger partial charge in [0.25, 0.3) is 0 Å². The monoisotopic (exact) mass is 345 g/mol. The molecule has 2 aromatic carbocycles. The third-order valence-electron chi connectivity index (χ3n) is 4.13. The van der Waals surface area contributed by atoms with Gasteiger partial charge in [0.05, 0.1) is 18.3 Å². The van der Waals surface area contributed by atoms with Crippen molar-refractivity contribution in [2.24, 2.45) is 0 Å². The summed E-state index contributed by atoms with van der Waals surface area (Å²) in [6, 6.07) is 18.5.